The smallest absolute Gasteiger partial charge is 0.239 e. The highest BCUT2D eigenvalue weighted by Gasteiger charge is 2.16. The Morgan fingerprint density at radius 1 is 1.32 bits per heavy atom. The average Bonchev–Trinajstić information content (AvgIpc) is 3.10. The number of nitrogens with one attached hydrogen (secondary N) is 3. The lowest BCUT2D eigenvalue weighted by Gasteiger charge is -2.28. The Kier molecular flexibility index (Phi) is 8.97. The number of rotatable bonds is 6. The summed E-state index contributed by atoms with van der Waals surface area (Å²) >= 11 is 1.69. The minimum Gasteiger partial charge on any atom is -0.360 e. The summed E-state index contributed by atoms with van der Waals surface area (Å²) in [6.45, 7) is 8.12. The maximum atomic E-state index is 11.5. The first-order valence-corrected chi connectivity index (χ1v) is 10.00. The van der Waals surface area contributed by atoms with Crippen molar-refractivity contribution in [2.45, 2.75) is 26.9 Å². The molecule has 2 heterocycles. The van der Waals surface area contributed by atoms with E-state index >= 15 is 0 Å². The molecular formula is C19H27IN6OS. The van der Waals surface area contributed by atoms with Gasteiger partial charge in [0.1, 0.15) is 5.01 Å². The van der Waals surface area contributed by atoms with Crippen molar-refractivity contribution in [3.63, 3.8) is 0 Å². The van der Waals surface area contributed by atoms with Gasteiger partial charge in [0, 0.05) is 36.4 Å². The Balaban J connectivity index is 0.00000280. The highest BCUT2D eigenvalue weighted by Crippen LogP contribution is 2.16. The molecule has 0 unspecified atom stereocenters. The van der Waals surface area contributed by atoms with Gasteiger partial charge in [-0.3, -0.25) is 4.79 Å². The van der Waals surface area contributed by atoms with Crippen molar-refractivity contribution < 1.29 is 4.79 Å². The van der Waals surface area contributed by atoms with E-state index in [-0.39, 0.29) is 29.9 Å². The van der Waals surface area contributed by atoms with Crippen LogP contribution in [0.1, 0.15) is 22.4 Å². The van der Waals surface area contributed by atoms with Crippen LogP contribution in [0.15, 0.2) is 35.5 Å². The largest absolute Gasteiger partial charge is 0.360 e. The van der Waals surface area contributed by atoms with Gasteiger partial charge in [-0.05, 0) is 31.5 Å². The van der Waals surface area contributed by atoms with E-state index in [1.54, 1.807) is 11.3 Å². The molecule has 1 aliphatic heterocycles. The first-order valence-electron chi connectivity index (χ1n) is 9.18. The summed E-state index contributed by atoms with van der Waals surface area (Å²) in [5.74, 6) is 0.855. The maximum Gasteiger partial charge on any atom is 0.239 e. The molecule has 1 aromatic carbocycles. The van der Waals surface area contributed by atoms with E-state index in [4.69, 9.17) is 0 Å². The Bertz CT molecular complexity index is 792. The molecule has 3 rings (SSSR count). The van der Waals surface area contributed by atoms with Crippen molar-refractivity contribution in [2.24, 2.45) is 4.99 Å². The lowest BCUT2D eigenvalue weighted by atomic mass is 10.2. The number of carbonyl (C=O) groups is 1. The molecule has 9 heteroatoms. The predicted octanol–water partition coefficient (Wildman–Crippen LogP) is 2.26. The molecule has 152 valence electrons. The molecule has 1 amide bonds. The standard InChI is InChI=1S/C19H26N6OS.HI/c1-3-20-19(24-12-18-22-10-14(2)27-18)23-11-15-4-6-16(7-5-15)25-9-8-21-17(26)13-25;/h4-7,10H,3,8-9,11-13H2,1-2H3,(H,21,26)(H2,20,23,24);1H. The summed E-state index contributed by atoms with van der Waals surface area (Å²) in [6.07, 6.45) is 1.89. The van der Waals surface area contributed by atoms with Crippen molar-refractivity contribution in [3.8, 4) is 0 Å². The molecule has 1 fully saturated rings. The van der Waals surface area contributed by atoms with Crippen molar-refractivity contribution in [2.75, 3.05) is 31.1 Å². The van der Waals surface area contributed by atoms with Gasteiger partial charge in [-0.25, -0.2) is 9.98 Å². The van der Waals surface area contributed by atoms with Crippen LogP contribution in [-0.2, 0) is 17.9 Å². The van der Waals surface area contributed by atoms with Crippen molar-refractivity contribution in [1.29, 1.82) is 0 Å². The third-order valence-corrected chi connectivity index (χ3v) is 5.09. The van der Waals surface area contributed by atoms with Gasteiger partial charge in [-0.2, -0.15) is 0 Å². The number of halogens is 1. The molecule has 1 saturated heterocycles. The molecule has 0 radical (unpaired) electrons. The van der Waals surface area contributed by atoms with Crippen molar-refractivity contribution in [1.82, 2.24) is 20.9 Å². The number of nitrogens with zero attached hydrogens (tertiary/aromatic N) is 3. The second-order valence-electron chi connectivity index (χ2n) is 6.35. The van der Waals surface area contributed by atoms with Gasteiger partial charge in [0.15, 0.2) is 5.96 Å². The second-order valence-corrected chi connectivity index (χ2v) is 7.67. The van der Waals surface area contributed by atoms with Crippen LogP contribution < -0.4 is 20.9 Å². The van der Waals surface area contributed by atoms with Gasteiger partial charge >= 0.3 is 0 Å². The van der Waals surface area contributed by atoms with Gasteiger partial charge in [-0.1, -0.05) is 12.1 Å². The molecule has 1 aliphatic rings. The van der Waals surface area contributed by atoms with Gasteiger partial charge in [0.25, 0.3) is 0 Å². The van der Waals surface area contributed by atoms with Crippen LogP contribution in [0.5, 0.6) is 0 Å². The zero-order valence-corrected chi connectivity index (χ0v) is 19.3. The minimum atomic E-state index is 0. The van der Waals surface area contributed by atoms with Gasteiger partial charge in [0.05, 0.1) is 19.6 Å². The maximum absolute atomic E-state index is 11.5. The van der Waals surface area contributed by atoms with E-state index in [1.807, 2.05) is 13.1 Å². The molecule has 3 N–H and O–H groups in total. The minimum absolute atomic E-state index is 0. The number of aliphatic imine (C=N–C) groups is 1. The number of thiazole rings is 1. The van der Waals surface area contributed by atoms with Crippen molar-refractivity contribution >= 4 is 52.9 Å². The van der Waals surface area contributed by atoms with Gasteiger partial charge < -0.3 is 20.9 Å². The molecule has 1 aromatic heterocycles. The average molecular weight is 514 g/mol. The number of amides is 1. The Morgan fingerprint density at radius 2 is 2.11 bits per heavy atom. The molecule has 28 heavy (non-hydrogen) atoms. The Labute approximate surface area is 187 Å². The fraction of sp³-hybridized carbons (Fsp3) is 0.421. The van der Waals surface area contributed by atoms with Gasteiger partial charge in [0.2, 0.25) is 5.91 Å². The topological polar surface area (TPSA) is 81.7 Å². The third kappa shape index (κ3) is 6.62. The van der Waals surface area contributed by atoms with E-state index in [9.17, 15) is 4.79 Å². The van der Waals surface area contributed by atoms with E-state index in [0.29, 0.717) is 26.2 Å². The monoisotopic (exact) mass is 514 g/mol. The number of benzene rings is 1. The zero-order chi connectivity index (χ0) is 19.1. The summed E-state index contributed by atoms with van der Waals surface area (Å²) in [6, 6.07) is 8.25. The summed E-state index contributed by atoms with van der Waals surface area (Å²) in [4.78, 5) is 23.8. The Hall–Kier alpha value is -1.88. The zero-order valence-electron chi connectivity index (χ0n) is 16.2. The van der Waals surface area contributed by atoms with Crippen molar-refractivity contribution in [3.05, 3.63) is 45.9 Å². The molecule has 7 nitrogen and oxygen atoms in total. The van der Waals surface area contributed by atoms with E-state index in [2.05, 4.69) is 62.0 Å². The molecule has 0 atom stereocenters. The number of carbonyl (C=O) groups excluding carboxylic acids is 1. The highest BCUT2D eigenvalue weighted by atomic mass is 127. The van der Waals surface area contributed by atoms with E-state index in [1.165, 1.54) is 4.88 Å². The van der Waals surface area contributed by atoms with E-state index < -0.39 is 0 Å². The summed E-state index contributed by atoms with van der Waals surface area (Å²) in [5, 5.41) is 10.5. The molecule has 0 aliphatic carbocycles. The molecule has 2 aromatic rings. The van der Waals surface area contributed by atoms with Crippen LogP contribution >= 0.6 is 35.3 Å². The van der Waals surface area contributed by atoms with Crippen LogP contribution in [0.2, 0.25) is 0 Å². The van der Waals surface area contributed by atoms with Crippen LogP contribution in [0.3, 0.4) is 0 Å². The van der Waals surface area contributed by atoms with E-state index in [0.717, 1.165) is 35.3 Å². The molecule has 0 saturated carbocycles. The van der Waals surface area contributed by atoms with Crippen LogP contribution in [0.25, 0.3) is 0 Å². The number of aryl methyl sites for hydroxylation is 1. The van der Waals surface area contributed by atoms with Gasteiger partial charge in [-0.15, -0.1) is 35.3 Å². The molecule has 0 spiro atoms. The second kappa shape index (κ2) is 11.2. The van der Waals surface area contributed by atoms with Crippen LogP contribution in [0, 0.1) is 6.92 Å². The normalized spacial score (nSPS) is 14.3. The quantitative estimate of drug-likeness (QED) is 0.313. The van der Waals surface area contributed by atoms with Crippen LogP contribution in [0.4, 0.5) is 5.69 Å². The number of aromatic nitrogens is 1. The van der Waals surface area contributed by atoms with Crippen LogP contribution in [-0.4, -0.2) is 43.0 Å². The lowest BCUT2D eigenvalue weighted by Crippen LogP contribution is -2.47. The summed E-state index contributed by atoms with van der Waals surface area (Å²) in [7, 11) is 0. The summed E-state index contributed by atoms with van der Waals surface area (Å²) < 4.78 is 0. The number of hydrogen-bond donors (Lipinski definition) is 3. The number of piperazine rings is 1. The fourth-order valence-corrected chi connectivity index (χ4v) is 3.55. The highest BCUT2D eigenvalue weighted by molar-refractivity contribution is 14.0. The molecule has 0 bridgehead atoms. The first kappa shape index (κ1) is 22.4. The Morgan fingerprint density at radius 3 is 2.75 bits per heavy atom. The number of hydrogen-bond acceptors (Lipinski definition) is 5. The summed E-state index contributed by atoms with van der Waals surface area (Å²) in [5.41, 5.74) is 2.20. The third-order valence-electron chi connectivity index (χ3n) is 4.18. The number of anilines is 1. The molecular weight excluding hydrogens is 487 g/mol. The SMILES string of the molecule is CCNC(=NCc1ccc(N2CCNC(=O)C2)cc1)NCc1ncc(C)s1.I. The number of guanidine groups is 1. The first-order chi connectivity index (χ1) is 13.1. The lowest BCUT2D eigenvalue weighted by molar-refractivity contribution is -0.120. The fourth-order valence-electron chi connectivity index (χ4n) is 2.83. The predicted molar refractivity (Wildman–Crippen MR) is 126 cm³/mol.